The Morgan fingerprint density at radius 2 is 2.42 bits per heavy atom. The topological polar surface area (TPSA) is 12.0 Å². The maximum absolute atomic E-state index is 13.3. The van der Waals surface area contributed by atoms with Gasteiger partial charge in [0.25, 0.3) is 0 Å². The Morgan fingerprint density at radius 1 is 1.75 bits per heavy atom. The molecular formula is C9H13FIN. The number of allylic oxidation sites excluding steroid dienone is 1. The van der Waals surface area contributed by atoms with Crippen LogP contribution in [0.1, 0.15) is 13.3 Å². The van der Waals surface area contributed by atoms with Crippen LogP contribution < -0.4 is 5.32 Å². The number of hydrogen-bond donors (Lipinski definition) is 1. The van der Waals surface area contributed by atoms with Crippen LogP contribution in [0, 0.1) is 5.92 Å². The molecule has 1 heterocycles. The molecule has 1 rings (SSSR count). The first-order valence-electron chi connectivity index (χ1n) is 4.05. The van der Waals surface area contributed by atoms with Gasteiger partial charge in [0.1, 0.15) is 0 Å². The number of rotatable bonds is 2. The van der Waals surface area contributed by atoms with Crippen molar-refractivity contribution in [2.45, 2.75) is 23.6 Å². The molecule has 1 nitrogen and oxygen atoms in total. The zero-order chi connectivity index (χ0) is 9.14. The van der Waals surface area contributed by atoms with Crippen molar-refractivity contribution in [3.8, 4) is 0 Å². The molecule has 1 aliphatic rings. The summed E-state index contributed by atoms with van der Waals surface area (Å²) in [7, 11) is 0. The minimum atomic E-state index is -0.968. The van der Waals surface area contributed by atoms with Gasteiger partial charge in [-0.2, -0.15) is 0 Å². The summed E-state index contributed by atoms with van der Waals surface area (Å²) in [6.07, 6.45) is 3.54. The van der Waals surface area contributed by atoms with Crippen LogP contribution >= 0.6 is 22.6 Å². The molecule has 1 aliphatic heterocycles. The van der Waals surface area contributed by atoms with E-state index in [-0.39, 0.29) is 9.84 Å². The SMILES string of the molecule is C=C(CC)[C@H]1C(F)NC=C[C@@H]1I. The van der Waals surface area contributed by atoms with E-state index in [1.165, 1.54) is 0 Å². The smallest absolute Gasteiger partial charge is 0.177 e. The van der Waals surface area contributed by atoms with E-state index < -0.39 is 6.30 Å². The van der Waals surface area contributed by atoms with Gasteiger partial charge in [0.15, 0.2) is 6.30 Å². The Kier molecular flexibility index (Phi) is 3.55. The van der Waals surface area contributed by atoms with Crippen molar-refractivity contribution >= 4 is 22.6 Å². The van der Waals surface area contributed by atoms with Crippen molar-refractivity contribution in [3.63, 3.8) is 0 Å². The van der Waals surface area contributed by atoms with Crippen LogP contribution in [-0.2, 0) is 0 Å². The zero-order valence-electron chi connectivity index (χ0n) is 7.06. The van der Waals surface area contributed by atoms with Crippen LogP contribution in [0.25, 0.3) is 0 Å². The van der Waals surface area contributed by atoms with Gasteiger partial charge in [-0.3, -0.25) is 0 Å². The van der Waals surface area contributed by atoms with Crippen molar-refractivity contribution in [2.24, 2.45) is 5.92 Å². The van der Waals surface area contributed by atoms with Crippen molar-refractivity contribution in [3.05, 3.63) is 24.4 Å². The third-order valence-electron chi connectivity index (χ3n) is 2.12. The Labute approximate surface area is 86.3 Å². The van der Waals surface area contributed by atoms with Gasteiger partial charge in [-0.15, -0.1) is 0 Å². The van der Waals surface area contributed by atoms with Crippen LogP contribution in [0.15, 0.2) is 24.4 Å². The van der Waals surface area contributed by atoms with E-state index >= 15 is 0 Å². The largest absolute Gasteiger partial charge is 0.362 e. The highest BCUT2D eigenvalue weighted by atomic mass is 127. The summed E-state index contributed by atoms with van der Waals surface area (Å²) in [5.41, 5.74) is 0.985. The number of alkyl halides is 2. The molecule has 1 unspecified atom stereocenters. The first kappa shape index (κ1) is 10.0. The summed E-state index contributed by atoms with van der Waals surface area (Å²) >= 11 is 2.24. The average Bonchev–Trinajstić information content (AvgIpc) is 2.03. The lowest BCUT2D eigenvalue weighted by Crippen LogP contribution is -2.38. The van der Waals surface area contributed by atoms with Crippen LogP contribution in [0.2, 0.25) is 0 Å². The van der Waals surface area contributed by atoms with Gasteiger partial charge >= 0.3 is 0 Å². The van der Waals surface area contributed by atoms with Crippen molar-refractivity contribution < 1.29 is 4.39 Å². The molecular weight excluding hydrogens is 268 g/mol. The molecule has 3 atom stereocenters. The van der Waals surface area contributed by atoms with E-state index in [1.807, 2.05) is 13.0 Å². The molecule has 0 aromatic carbocycles. The lowest BCUT2D eigenvalue weighted by molar-refractivity contribution is 0.223. The van der Waals surface area contributed by atoms with Gasteiger partial charge in [-0.25, -0.2) is 4.39 Å². The Balaban J connectivity index is 2.72. The Hall–Kier alpha value is -0.0600. The predicted molar refractivity (Wildman–Crippen MR) is 57.9 cm³/mol. The normalized spacial score (nSPS) is 34.4. The highest BCUT2D eigenvalue weighted by molar-refractivity contribution is 14.1. The number of nitrogens with one attached hydrogen (secondary N) is 1. The molecule has 0 amide bonds. The second-order valence-electron chi connectivity index (χ2n) is 2.91. The number of halogens is 2. The van der Waals surface area contributed by atoms with Gasteiger partial charge in [-0.05, 0) is 12.6 Å². The van der Waals surface area contributed by atoms with Crippen LogP contribution in [0.4, 0.5) is 4.39 Å². The molecule has 3 heteroatoms. The standard InChI is InChI=1S/C9H13FIN/c1-3-6(2)8-7(11)4-5-12-9(8)10/h4-5,7-9,12H,2-3H2,1H3/t7-,8+,9?/m0/s1. The molecule has 0 aromatic heterocycles. The summed E-state index contributed by atoms with van der Waals surface area (Å²) in [5, 5.41) is 2.66. The van der Waals surface area contributed by atoms with Gasteiger partial charge in [0, 0.05) is 9.84 Å². The fraction of sp³-hybridized carbons (Fsp3) is 0.556. The summed E-state index contributed by atoms with van der Waals surface area (Å²) in [6, 6.07) is 0. The second-order valence-corrected chi connectivity index (χ2v) is 4.35. The average molecular weight is 281 g/mol. The maximum Gasteiger partial charge on any atom is 0.177 e. The highest BCUT2D eigenvalue weighted by Crippen LogP contribution is 2.30. The lowest BCUT2D eigenvalue weighted by Gasteiger charge is -2.29. The highest BCUT2D eigenvalue weighted by Gasteiger charge is 2.29. The summed E-state index contributed by atoms with van der Waals surface area (Å²) in [6.45, 7) is 5.89. The fourth-order valence-electron chi connectivity index (χ4n) is 1.29. The Morgan fingerprint density at radius 3 is 2.92 bits per heavy atom. The minimum absolute atomic E-state index is 0.0689. The lowest BCUT2D eigenvalue weighted by atomic mass is 9.92. The molecule has 0 spiro atoms. The first-order chi connectivity index (χ1) is 5.66. The quantitative estimate of drug-likeness (QED) is 0.355. The predicted octanol–water partition coefficient (Wildman–Crippen LogP) is 2.78. The summed E-state index contributed by atoms with van der Waals surface area (Å²) in [4.78, 5) is 0. The summed E-state index contributed by atoms with van der Waals surface area (Å²) in [5.74, 6) is -0.0689. The van der Waals surface area contributed by atoms with Crippen molar-refractivity contribution in [1.82, 2.24) is 5.32 Å². The van der Waals surface area contributed by atoms with Crippen molar-refractivity contribution in [1.29, 1.82) is 0 Å². The molecule has 12 heavy (non-hydrogen) atoms. The van der Waals surface area contributed by atoms with E-state index in [0.717, 1.165) is 12.0 Å². The van der Waals surface area contributed by atoms with Gasteiger partial charge < -0.3 is 5.32 Å². The van der Waals surface area contributed by atoms with E-state index in [0.29, 0.717) is 0 Å². The van der Waals surface area contributed by atoms with Crippen LogP contribution in [0.3, 0.4) is 0 Å². The van der Waals surface area contributed by atoms with E-state index in [2.05, 4.69) is 34.5 Å². The molecule has 0 fully saturated rings. The number of hydrogen-bond acceptors (Lipinski definition) is 1. The van der Waals surface area contributed by atoms with Gasteiger partial charge in [0.2, 0.25) is 0 Å². The van der Waals surface area contributed by atoms with Crippen molar-refractivity contribution in [2.75, 3.05) is 0 Å². The van der Waals surface area contributed by atoms with Crippen LogP contribution in [0.5, 0.6) is 0 Å². The molecule has 0 bridgehead atoms. The molecule has 0 radical (unpaired) electrons. The van der Waals surface area contributed by atoms with Gasteiger partial charge in [-0.1, -0.05) is 47.7 Å². The van der Waals surface area contributed by atoms with Crippen LogP contribution in [-0.4, -0.2) is 10.2 Å². The van der Waals surface area contributed by atoms with E-state index in [9.17, 15) is 4.39 Å². The third kappa shape index (κ3) is 2.00. The molecule has 0 saturated carbocycles. The van der Waals surface area contributed by atoms with E-state index in [1.54, 1.807) is 6.20 Å². The summed E-state index contributed by atoms with van der Waals surface area (Å²) < 4.78 is 13.5. The molecule has 0 aromatic rings. The first-order valence-corrected chi connectivity index (χ1v) is 5.30. The minimum Gasteiger partial charge on any atom is -0.362 e. The molecule has 0 aliphatic carbocycles. The fourth-order valence-corrected chi connectivity index (χ4v) is 2.37. The molecule has 0 saturated heterocycles. The molecule has 1 N–H and O–H groups in total. The van der Waals surface area contributed by atoms with Gasteiger partial charge in [0.05, 0.1) is 0 Å². The monoisotopic (exact) mass is 281 g/mol. The Bertz CT molecular complexity index is 203. The van der Waals surface area contributed by atoms with E-state index in [4.69, 9.17) is 0 Å². The zero-order valence-corrected chi connectivity index (χ0v) is 9.21. The third-order valence-corrected chi connectivity index (χ3v) is 3.31. The second kappa shape index (κ2) is 4.25. The maximum atomic E-state index is 13.3. The molecule has 68 valence electrons.